The third-order valence-electron chi connectivity index (χ3n) is 4.07. The number of halogens is 3. The molecule has 0 spiro atoms. The minimum absolute atomic E-state index is 0. The Morgan fingerprint density at radius 3 is 2.33 bits per heavy atom. The fraction of sp³-hybridized carbons (Fsp3) is 0.250. The molecule has 8 heteroatoms. The first-order chi connectivity index (χ1) is 10.9. The summed E-state index contributed by atoms with van der Waals surface area (Å²) in [5, 5.41) is 0.517. The molecule has 2 aromatic rings. The monoisotopic (exact) mass is 406 g/mol. The summed E-state index contributed by atoms with van der Waals surface area (Å²) in [4.78, 5) is 0.0597. The number of hydrogen-bond donors (Lipinski definition) is 1. The predicted molar refractivity (Wildman–Crippen MR) is 99.6 cm³/mol. The van der Waals surface area contributed by atoms with Gasteiger partial charge in [-0.1, -0.05) is 53.5 Å². The van der Waals surface area contributed by atoms with E-state index in [9.17, 15) is 8.42 Å². The Morgan fingerprint density at radius 2 is 1.71 bits per heavy atom. The number of rotatable bonds is 3. The summed E-state index contributed by atoms with van der Waals surface area (Å²) >= 11 is 11.9. The average molecular weight is 408 g/mol. The molecule has 0 saturated carbocycles. The number of nitrogens with zero attached hydrogens (tertiary/aromatic N) is 1. The van der Waals surface area contributed by atoms with Crippen molar-refractivity contribution < 1.29 is 8.42 Å². The van der Waals surface area contributed by atoms with Gasteiger partial charge in [0.05, 0.1) is 5.02 Å². The Hall–Kier alpha value is -0.820. The topological polar surface area (TPSA) is 63.4 Å². The minimum atomic E-state index is -3.70. The summed E-state index contributed by atoms with van der Waals surface area (Å²) < 4.78 is 27.1. The van der Waals surface area contributed by atoms with Gasteiger partial charge >= 0.3 is 0 Å². The van der Waals surface area contributed by atoms with Crippen molar-refractivity contribution in [3.8, 4) is 0 Å². The zero-order chi connectivity index (χ0) is 16.6. The Labute approximate surface area is 158 Å². The zero-order valence-corrected chi connectivity index (χ0v) is 15.7. The second-order valence-corrected chi connectivity index (χ2v) is 8.33. The maximum Gasteiger partial charge on any atom is 0.244 e. The van der Waals surface area contributed by atoms with Gasteiger partial charge in [-0.2, -0.15) is 4.31 Å². The van der Waals surface area contributed by atoms with Crippen molar-refractivity contribution in [3.05, 3.63) is 64.1 Å². The molecule has 1 fully saturated rings. The van der Waals surface area contributed by atoms with E-state index in [2.05, 4.69) is 0 Å². The Bertz CT molecular complexity index is 815. The van der Waals surface area contributed by atoms with Gasteiger partial charge in [0.2, 0.25) is 10.0 Å². The molecule has 0 radical (unpaired) electrons. The first kappa shape index (κ1) is 19.5. The lowest BCUT2D eigenvalue weighted by molar-refractivity contribution is 0.470. The normalized spacial score (nSPS) is 21.5. The first-order valence-corrected chi connectivity index (χ1v) is 9.35. The molecule has 0 amide bonds. The second-order valence-electron chi connectivity index (χ2n) is 5.58. The Kier molecular flexibility index (Phi) is 6.18. The molecule has 1 saturated heterocycles. The summed E-state index contributed by atoms with van der Waals surface area (Å²) in [5.41, 5.74) is 7.22. The van der Waals surface area contributed by atoms with Gasteiger partial charge in [-0.3, -0.25) is 0 Å². The van der Waals surface area contributed by atoms with E-state index in [0.29, 0.717) is 11.6 Å². The van der Waals surface area contributed by atoms with Crippen LogP contribution in [0.5, 0.6) is 0 Å². The molecule has 4 nitrogen and oxygen atoms in total. The van der Waals surface area contributed by atoms with Crippen LogP contribution in [0.4, 0.5) is 0 Å². The highest BCUT2D eigenvalue weighted by atomic mass is 35.5. The third kappa shape index (κ3) is 3.72. The lowest BCUT2D eigenvalue weighted by Gasteiger charge is -2.17. The molecular formula is C16H17Cl3N2O2S. The highest BCUT2D eigenvalue weighted by molar-refractivity contribution is 7.89. The summed E-state index contributed by atoms with van der Waals surface area (Å²) in [6, 6.07) is 13.8. The van der Waals surface area contributed by atoms with Crippen LogP contribution in [0.15, 0.2) is 53.4 Å². The van der Waals surface area contributed by atoms with Crippen molar-refractivity contribution in [2.24, 2.45) is 5.73 Å². The highest BCUT2D eigenvalue weighted by Gasteiger charge is 2.38. The first-order valence-electron chi connectivity index (χ1n) is 7.15. The Morgan fingerprint density at radius 1 is 1.04 bits per heavy atom. The fourth-order valence-electron chi connectivity index (χ4n) is 2.86. The molecule has 0 aromatic heterocycles. The molecule has 2 N–H and O–H groups in total. The molecule has 3 rings (SSSR count). The molecule has 2 atom stereocenters. The second kappa shape index (κ2) is 7.60. The van der Waals surface area contributed by atoms with Crippen molar-refractivity contribution >= 4 is 45.6 Å². The third-order valence-corrected chi connectivity index (χ3v) is 6.62. The summed E-state index contributed by atoms with van der Waals surface area (Å²) in [7, 11) is -3.70. The van der Waals surface area contributed by atoms with E-state index in [4.69, 9.17) is 28.9 Å². The quantitative estimate of drug-likeness (QED) is 0.846. The maximum atomic E-state index is 12.8. The van der Waals surface area contributed by atoms with Crippen molar-refractivity contribution in [3.63, 3.8) is 0 Å². The van der Waals surface area contributed by atoms with Crippen molar-refractivity contribution in [2.75, 3.05) is 13.1 Å². The zero-order valence-electron chi connectivity index (χ0n) is 12.6. The van der Waals surface area contributed by atoms with Crippen LogP contribution in [0.25, 0.3) is 0 Å². The van der Waals surface area contributed by atoms with Gasteiger partial charge in [0, 0.05) is 30.1 Å². The molecule has 1 heterocycles. The Balaban J connectivity index is 0.00000208. The van der Waals surface area contributed by atoms with Crippen LogP contribution in [-0.2, 0) is 10.0 Å². The lowest BCUT2D eigenvalue weighted by atomic mass is 9.95. The van der Waals surface area contributed by atoms with Gasteiger partial charge in [0.15, 0.2) is 0 Å². The molecular weight excluding hydrogens is 391 g/mol. The van der Waals surface area contributed by atoms with Crippen LogP contribution in [0.1, 0.15) is 11.5 Å². The molecule has 0 unspecified atom stereocenters. The standard InChI is InChI=1S/C16H16Cl2N2O2S.ClH/c17-12-6-7-16(14(18)8-12)23(21,22)20-9-13(15(19)10-20)11-4-2-1-3-5-11;/h1-8,13,15H,9-10,19H2;1H/t13-,15+;/m0./s1. The molecule has 24 heavy (non-hydrogen) atoms. The van der Waals surface area contributed by atoms with Crippen LogP contribution in [0, 0.1) is 0 Å². The molecule has 1 aliphatic heterocycles. The largest absolute Gasteiger partial charge is 0.326 e. The van der Waals surface area contributed by atoms with Gasteiger partial charge in [0.25, 0.3) is 0 Å². The molecule has 0 aliphatic carbocycles. The highest BCUT2D eigenvalue weighted by Crippen LogP contribution is 2.33. The van der Waals surface area contributed by atoms with Gasteiger partial charge < -0.3 is 5.73 Å². The fourth-order valence-corrected chi connectivity index (χ4v) is 5.11. The van der Waals surface area contributed by atoms with Gasteiger partial charge in [0.1, 0.15) is 4.90 Å². The van der Waals surface area contributed by atoms with Crippen molar-refractivity contribution in [2.45, 2.75) is 16.9 Å². The van der Waals surface area contributed by atoms with Crippen LogP contribution >= 0.6 is 35.6 Å². The van der Waals surface area contributed by atoms with E-state index in [-0.39, 0.29) is 40.8 Å². The lowest BCUT2D eigenvalue weighted by Crippen LogP contribution is -2.32. The smallest absolute Gasteiger partial charge is 0.244 e. The average Bonchev–Trinajstić information content (AvgIpc) is 2.90. The van der Waals surface area contributed by atoms with E-state index < -0.39 is 10.0 Å². The summed E-state index contributed by atoms with van der Waals surface area (Å²) in [6.45, 7) is 0.604. The maximum absolute atomic E-state index is 12.8. The molecule has 0 bridgehead atoms. The number of sulfonamides is 1. The summed E-state index contributed by atoms with van der Waals surface area (Å²) in [6.07, 6.45) is 0. The van der Waals surface area contributed by atoms with E-state index in [1.807, 2.05) is 30.3 Å². The van der Waals surface area contributed by atoms with Crippen LogP contribution < -0.4 is 5.73 Å². The van der Waals surface area contributed by atoms with Gasteiger partial charge in [-0.15, -0.1) is 12.4 Å². The molecule has 1 aliphatic rings. The van der Waals surface area contributed by atoms with Crippen LogP contribution in [0.3, 0.4) is 0 Å². The number of nitrogens with two attached hydrogens (primary N) is 1. The molecule has 2 aromatic carbocycles. The van der Waals surface area contributed by atoms with E-state index >= 15 is 0 Å². The number of hydrogen-bond acceptors (Lipinski definition) is 3. The summed E-state index contributed by atoms with van der Waals surface area (Å²) in [5.74, 6) is -0.0305. The van der Waals surface area contributed by atoms with Crippen molar-refractivity contribution in [1.82, 2.24) is 4.31 Å². The van der Waals surface area contributed by atoms with Crippen LogP contribution in [0.2, 0.25) is 10.0 Å². The van der Waals surface area contributed by atoms with E-state index in [1.54, 1.807) is 0 Å². The number of benzene rings is 2. The van der Waals surface area contributed by atoms with Gasteiger partial charge in [-0.25, -0.2) is 8.42 Å². The molecule has 130 valence electrons. The van der Waals surface area contributed by atoms with E-state index in [1.165, 1.54) is 22.5 Å². The predicted octanol–water partition coefficient (Wildman–Crippen LogP) is 3.53. The minimum Gasteiger partial charge on any atom is -0.326 e. The van der Waals surface area contributed by atoms with Gasteiger partial charge in [-0.05, 0) is 23.8 Å². The van der Waals surface area contributed by atoms with E-state index in [0.717, 1.165) is 5.56 Å². The van der Waals surface area contributed by atoms with Crippen molar-refractivity contribution in [1.29, 1.82) is 0 Å². The van der Waals surface area contributed by atoms with Crippen LogP contribution in [-0.4, -0.2) is 31.9 Å². The SMILES string of the molecule is Cl.N[C@@H]1CN(S(=O)(=O)c2ccc(Cl)cc2Cl)C[C@H]1c1ccccc1.